The van der Waals surface area contributed by atoms with E-state index in [0.717, 1.165) is 12.8 Å². The highest BCUT2D eigenvalue weighted by Gasteiger charge is 2.47. The Balaban J connectivity index is 2.12. The van der Waals surface area contributed by atoms with Crippen molar-refractivity contribution in [1.29, 1.82) is 0 Å². The number of hydrogen-bond acceptors (Lipinski definition) is 1. The van der Waals surface area contributed by atoms with Crippen LogP contribution in [0.1, 0.15) is 42.4 Å². The standard InChI is InChI=1S/C14H18O/c1-10-3-5-12-11(9-10)4-6-13(15)14(12)7-2-8-14/h3,5,9,13,15H,2,4,6-8H2,1H3. The quantitative estimate of drug-likeness (QED) is 0.686. The Morgan fingerprint density at radius 2 is 2.13 bits per heavy atom. The molecule has 15 heavy (non-hydrogen) atoms. The molecule has 1 aromatic carbocycles. The fraction of sp³-hybridized carbons (Fsp3) is 0.571. The summed E-state index contributed by atoms with van der Waals surface area (Å²) in [6.45, 7) is 2.15. The van der Waals surface area contributed by atoms with E-state index in [9.17, 15) is 5.11 Å². The number of benzene rings is 1. The third-order valence-electron chi connectivity index (χ3n) is 4.37. The zero-order valence-corrected chi connectivity index (χ0v) is 9.29. The number of aryl methyl sites for hydroxylation is 2. The van der Waals surface area contributed by atoms with Gasteiger partial charge in [0.1, 0.15) is 0 Å². The van der Waals surface area contributed by atoms with Gasteiger partial charge in [0, 0.05) is 5.41 Å². The van der Waals surface area contributed by atoms with Crippen LogP contribution in [0.3, 0.4) is 0 Å². The summed E-state index contributed by atoms with van der Waals surface area (Å²) in [6, 6.07) is 6.75. The van der Waals surface area contributed by atoms with Gasteiger partial charge < -0.3 is 5.11 Å². The first-order chi connectivity index (χ1) is 7.22. The minimum absolute atomic E-state index is 0.0959. The van der Waals surface area contributed by atoms with Gasteiger partial charge >= 0.3 is 0 Å². The molecule has 0 bridgehead atoms. The Hall–Kier alpha value is -0.820. The van der Waals surface area contributed by atoms with E-state index in [2.05, 4.69) is 25.1 Å². The highest BCUT2D eigenvalue weighted by Crippen LogP contribution is 2.51. The predicted molar refractivity (Wildman–Crippen MR) is 61.0 cm³/mol. The van der Waals surface area contributed by atoms with Crippen LogP contribution in [0.2, 0.25) is 0 Å². The second-order valence-corrected chi connectivity index (χ2v) is 5.22. The molecule has 1 spiro atoms. The summed E-state index contributed by atoms with van der Waals surface area (Å²) < 4.78 is 0. The molecule has 0 radical (unpaired) electrons. The maximum Gasteiger partial charge on any atom is 0.0640 e. The monoisotopic (exact) mass is 202 g/mol. The van der Waals surface area contributed by atoms with Crippen LogP contribution in [-0.2, 0) is 11.8 Å². The number of aliphatic hydroxyl groups is 1. The maximum atomic E-state index is 10.2. The summed E-state index contributed by atoms with van der Waals surface area (Å²) >= 11 is 0. The predicted octanol–water partition coefficient (Wildman–Crippen LogP) is 2.72. The summed E-state index contributed by atoms with van der Waals surface area (Å²) in [5.74, 6) is 0. The lowest BCUT2D eigenvalue weighted by atomic mass is 9.57. The summed E-state index contributed by atoms with van der Waals surface area (Å²) in [5, 5.41) is 10.2. The van der Waals surface area contributed by atoms with Crippen LogP contribution >= 0.6 is 0 Å². The molecule has 1 saturated carbocycles. The third kappa shape index (κ3) is 1.19. The van der Waals surface area contributed by atoms with E-state index < -0.39 is 0 Å². The summed E-state index contributed by atoms with van der Waals surface area (Å²) in [4.78, 5) is 0. The first-order valence-corrected chi connectivity index (χ1v) is 6.00. The van der Waals surface area contributed by atoms with Gasteiger partial charge in [-0.25, -0.2) is 0 Å². The van der Waals surface area contributed by atoms with Crippen LogP contribution < -0.4 is 0 Å². The van der Waals surface area contributed by atoms with E-state index in [4.69, 9.17) is 0 Å². The first-order valence-electron chi connectivity index (χ1n) is 6.00. The van der Waals surface area contributed by atoms with E-state index in [1.165, 1.54) is 36.0 Å². The second kappa shape index (κ2) is 3.08. The van der Waals surface area contributed by atoms with Gasteiger partial charge in [0.05, 0.1) is 6.10 Å². The van der Waals surface area contributed by atoms with Crippen molar-refractivity contribution in [3.05, 3.63) is 34.9 Å². The van der Waals surface area contributed by atoms with Crippen molar-refractivity contribution >= 4 is 0 Å². The van der Waals surface area contributed by atoms with Crippen molar-refractivity contribution in [2.75, 3.05) is 0 Å². The smallest absolute Gasteiger partial charge is 0.0640 e. The van der Waals surface area contributed by atoms with Gasteiger partial charge in [-0.1, -0.05) is 30.2 Å². The van der Waals surface area contributed by atoms with Crippen LogP contribution in [0.25, 0.3) is 0 Å². The van der Waals surface area contributed by atoms with Gasteiger partial charge in [-0.2, -0.15) is 0 Å². The highest BCUT2D eigenvalue weighted by molar-refractivity contribution is 5.42. The Labute approximate surface area is 91.1 Å². The number of hydrogen-bond donors (Lipinski definition) is 1. The van der Waals surface area contributed by atoms with Crippen LogP contribution in [-0.4, -0.2) is 11.2 Å². The summed E-state index contributed by atoms with van der Waals surface area (Å²) in [6.07, 6.45) is 5.57. The van der Waals surface area contributed by atoms with Crippen LogP contribution in [0.15, 0.2) is 18.2 Å². The lowest BCUT2D eigenvalue weighted by molar-refractivity contribution is 0.0144. The van der Waals surface area contributed by atoms with Crippen LogP contribution in [0.4, 0.5) is 0 Å². The molecular weight excluding hydrogens is 184 g/mol. The van der Waals surface area contributed by atoms with E-state index >= 15 is 0 Å². The van der Waals surface area contributed by atoms with Crippen LogP contribution in [0.5, 0.6) is 0 Å². The highest BCUT2D eigenvalue weighted by atomic mass is 16.3. The number of aliphatic hydroxyl groups excluding tert-OH is 1. The summed E-state index contributed by atoms with van der Waals surface area (Å²) in [7, 11) is 0. The first kappa shape index (κ1) is 9.41. The normalized spacial score (nSPS) is 27.2. The van der Waals surface area contributed by atoms with Gasteiger partial charge in [-0.05, 0) is 43.7 Å². The Morgan fingerprint density at radius 3 is 2.80 bits per heavy atom. The number of rotatable bonds is 0. The van der Waals surface area contributed by atoms with Crippen molar-refractivity contribution in [3.8, 4) is 0 Å². The lowest BCUT2D eigenvalue weighted by Gasteiger charge is -2.49. The van der Waals surface area contributed by atoms with E-state index in [0.29, 0.717) is 0 Å². The molecule has 3 rings (SSSR count). The van der Waals surface area contributed by atoms with Gasteiger partial charge in [0.15, 0.2) is 0 Å². The SMILES string of the molecule is Cc1ccc2c(c1)CCC(O)C21CCC1. The fourth-order valence-electron chi connectivity index (χ4n) is 3.32. The Bertz CT molecular complexity index is 390. The minimum atomic E-state index is -0.0959. The van der Waals surface area contributed by atoms with Crippen molar-refractivity contribution in [3.63, 3.8) is 0 Å². The van der Waals surface area contributed by atoms with E-state index in [1.54, 1.807) is 0 Å². The van der Waals surface area contributed by atoms with Gasteiger partial charge in [-0.3, -0.25) is 0 Å². The molecule has 1 fully saturated rings. The lowest BCUT2D eigenvalue weighted by Crippen LogP contribution is -2.48. The van der Waals surface area contributed by atoms with Crippen molar-refractivity contribution < 1.29 is 5.11 Å². The molecule has 0 amide bonds. The Kier molecular flexibility index (Phi) is 1.93. The van der Waals surface area contributed by atoms with Crippen molar-refractivity contribution in [2.24, 2.45) is 0 Å². The van der Waals surface area contributed by atoms with E-state index in [1.807, 2.05) is 0 Å². The molecule has 1 nitrogen and oxygen atoms in total. The summed E-state index contributed by atoms with van der Waals surface area (Å²) in [5.41, 5.74) is 4.42. The van der Waals surface area contributed by atoms with Gasteiger partial charge in [0.2, 0.25) is 0 Å². The van der Waals surface area contributed by atoms with E-state index in [-0.39, 0.29) is 11.5 Å². The fourth-order valence-corrected chi connectivity index (χ4v) is 3.32. The molecular formula is C14H18O. The second-order valence-electron chi connectivity index (χ2n) is 5.22. The van der Waals surface area contributed by atoms with Crippen molar-refractivity contribution in [2.45, 2.75) is 50.5 Å². The van der Waals surface area contributed by atoms with Crippen molar-refractivity contribution in [1.82, 2.24) is 0 Å². The molecule has 2 aliphatic rings. The molecule has 1 unspecified atom stereocenters. The maximum absolute atomic E-state index is 10.2. The Morgan fingerprint density at radius 1 is 1.33 bits per heavy atom. The third-order valence-corrected chi connectivity index (χ3v) is 4.37. The molecule has 1 N–H and O–H groups in total. The zero-order chi connectivity index (χ0) is 10.5. The molecule has 0 aliphatic heterocycles. The topological polar surface area (TPSA) is 20.2 Å². The molecule has 0 saturated heterocycles. The largest absolute Gasteiger partial charge is 0.392 e. The molecule has 1 atom stereocenters. The van der Waals surface area contributed by atoms with Crippen LogP contribution in [0, 0.1) is 6.92 Å². The number of fused-ring (bicyclic) bond motifs is 2. The molecule has 1 aromatic rings. The average molecular weight is 202 g/mol. The molecule has 0 heterocycles. The molecule has 1 heteroatoms. The van der Waals surface area contributed by atoms with Gasteiger partial charge in [0.25, 0.3) is 0 Å². The molecule has 0 aromatic heterocycles. The molecule has 2 aliphatic carbocycles. The molecule has 80 valence electrons. The minimum Gasteiger partial charge on any atom is -0.392 e. The average Bonchev–Trinajstić information content (AvgIpc) is 2.15. The zero-order valence-electron chi connectivity index (χ0n) is 9.29. The van der Waals surface area contributed by atoms with Gasteiger partial charge in [-0.15, -0.1) is 0 Å².